The number of halogens is 1. The molecule has 0 atom stereocenters. The third-order valence-electron chi connectivity index (χ3n) is 2.65. The van der Waals surface area contributed by atoms with Gasteiger partial charge in [-0.15, -0.1) is 0 Å². The van der Waals surface area contributed by atoms with Crippen molar-refractivity contribution in [3.8, 4) is 5.75 Å². The Morgan fingerprint density at radius 3 is 2.75 bits per heavy atom. The topological polar surface area (TPSA) is 38.3 Å². The van der Waals surface area contributed by atoms with Gasteiger partial charge in [-0.2, -0.15) is 0 Å². The molecule has 0 bridgehead atoms. The normalized spacial score (nSPS) is 10.1. The predicted octanol–water partition coefficient (Wildman–Crippen LogP) is 4.38. The smallest absolute Gasteiger partial charge is 0.255 e. The molecule has 0 heterocycles. The molecule has 0 aliphatic heterocycles. The van der Waals surface area contributed by atoms with Crippen LogP contribution in [0.25, 0.3) is 0 Å². The number of nitrogens with one attached hydrogen (secondary N) is 1. The molecule has 0 radical (unpaired) electrons. The highest BCUT2D eigenvalue weighted by molar-refractivity contribution is 6.30. The zero-order valence-electron chi connectivity index (χ0n) is 11.2. The second-order valence-electron chi connectivity index (χ2n) is 4.34. The summed E-state index contributed by atoms with van der Waals surface area (Å²) in [5.41, 5.74) is 1.22. The maximum atomic E-state index is 12.1. The highest BCUT2D eigenvalue weighted by atomic mass is 35.5. The number of hydrogen-bond donors (Lipinski definition) is 1. The van der Waals surface area contributed by atoms with Crippen LogP contribution in [0.2, 0.25) is 5.02 Å². The number of benzene rings is 2. The minimum atomic E-state index is -0.186. The quantitative estimate of drug-likeness (QED) is 0.887. The highest BCUT2D eigenvalue weighted by Gasteiger charge is 2.07. The molecule has 4 heteroatoms. The Labute approximate surface area is 123 Å². The third-order valence-corrected chi connectivity index (χ3v) is 2.89. The number of rotatable bonds is 5. The molecule has 1 amide bonds. The first-order valence-electron chi connectivity index (χ1n) is 6.49. The summed E-state index contributed by atoms with van der Waals surface area (Å²) in [6, 6.07) is 14.2. The van der Waals surface area contributed by atoms with Gasteiger partial charge in [-0.25, -0.2) is 0 Å². The van der Waals surface area contributed by atoms with E-state index in [2.05, 4.69) is 5.32 Å². The first-order chi connectivity index (χ1) is 9.69. The zero-order valence-corrected chi connectivity index (χ0v) is 12.0. The molecular weight excluding hydrogens is 274 g/mol. The fourth-order valence-corrected chi connectivity index (χ4v) is 1.91. The van der Waals surface area contributed by atoms with Crippen LogP contribution < -0.4 is 10.1 Å². The van der Waals surface area contributed by atoms with E-state index in [1.54, 1.807) is 42.5 Å². The van der Waals surface area contributed by atoms with Gasteiger partial charge in [-0.1, -0.05) is 30.7 Å². The minimum absolute atomic E-state index is 0.186. The van der Waals surface area contributed by atoms with Crippen LogP contribution in [0.15, 0.2) is 48.5 Å². The second-order valence-corrected chi connectivity index (χ2v) is 4.78. The van der Waals surface area contributed by atoms with Gasteiger partial charge in [-0.3, -0.25) is 4.79 Å². The molecule has 3 nitrogen and oxygen atoms in total. The Kier molecular flexibility index (Phi) is 5.02. The summed E-state index contributed by atoms with van der Waals surface area (Å²) >= 11 is 5.89. The molecule has 1 N–H and O–H groups in total. The Bertz CT molecular complexity index is 599. The first kappa shape index (κ1) is 14.4. The maximum Gasteiger partial charge on any atom is 0.255 e. The van der Waals surface area contributed by atoms with Gasteiger partial charge in [0, 0.05) is 16.3 Å². The van der Waals surface area contributed by atoms with Crippen LogP contribution in [-0.4, -0.2) is 12.5 Å². The predicted molar refractivity (Wildman–Crippen MR) is 81.6 cm³/mol. The van der Waals surface area contributed by atoms with Gasteiger partial charge in [0.2, 0.25) is 0 Å². The number of amides is 1. The van der Waals surface area contributed by atoms with Crippen LogP contribution in [0.1, 0.15) is 23.7 Å². The molecule has 0 saturated heterocycles. The van der Waals surface area contributed by atoms with Gasteiger partial charge in [-0.05, 0) is 42.8 Å². The van der Waals surface area contributed by atoms with E-state index < -0.39 is 0 Å². The van der Waals surface area contributed by atoms with Crippen molar-refractivity contribution < 1.29 is 9.53 Å². The molecular formula is C16H16ClNO2. The highest BCUT2D eigenvalue weighted by Crippen LogP contribution is 2.18. The van der Waals surface area contributed by atoms with E-state index in [0.717, 1.165) is 6.42 Å². The second kappa shape index (κ2) is 6.96. The van der Waals surface area contributed by atoms with Crippen molar-refractivity contribution in [2.75, 3.05) is 11.9 Å². The summed E-state index contributed by atoms with van der Waals surface area (Å²) in [6.07, 6.45) is 0.930. The Morgan fingerprint density at radius 2 is 2.00 bits per heavy atom. The van der Waals surface area contributed by atoms with Crippen LogP contribution in [0.5, 0.6) is 5.75 Å². The van der Waals surface area contributed by atoms with Crippen molar-refractivity contribution in [2.24, 2.45) is 0 Å². The van der Waals surface area contributed by atoms with Crippen molar-refractivity contribution in [1.82, 2.24) is 0 Å². The lowest BCUT2D eigenvalue weighted by Gasteiger charge is -2.08. The molecule has 0 aliphatic carbocycles. The summed E-state index contributed by atoms with van der Waals surface area (Å²) < 4.78 is 5.51. The molecule has 0 spiro atoms. The molecule has 0 aliphatic rings. The third kappa shape index (κ3) is 4.00. The van der Waals surface area contributed by atoms with Crippen molar-refractivity contribution in [3.05, 3.63) is 59.1 Å². The van der Waals surface area contributed by atoms with Crippen LogP contribution in [0.3, 0.4) is 0 Å². The zero-order chi connectivity index (χ0) is 14.4. The van der Waals surface area contributed by atoms with Crippen molar-refractivity contribution in [2.45, 2.75) is 13.3 Å². The lowest BCUT2D eigenvalue weighted by Crippen LogP contribution is -2.12. The molecule has 2 aromatic rings. The fraction of sp³-hybridized carbons (Fsp3) is 0.188. The molecule has 0 saturated carbocycles. The van der Waals surface area contributed by atoms with E-state index in [1.807, 2.05) is 13.0 Å². The van der Waals surface area contributed by atoms with Crippen molar-refractivity contribution >= 4 is 23.2 Å². The van der Waals surface area contributed by atoms with Crippen LogP contribution in [-0.2, 0) is 0 Å². The monoisotopic (exact) mass is 289 g/mol. The summed E-state index contributed by atoms with van der Waals surface area (Å²) in [5, 5.41) is 3.39. The fourth-order valence-electron chi connectivity index (χ4n) is 1.72. The summed E-state index contributed by atoms with van der Waals surface area (Å²) in [6.45, 7) is 2.68. The van der Waals surface area contributed by atoms with Gasteiger partial charge in [0.1, 0.15) is 5.75 Å². The summed E-state index contributed by atoms with van der Waals surface area (Å²) in [4.78, 5) is 12.1. The molecule has 0 aromatic heterocycles. The largest absolute Gasteiger partial charge is 0.494 e. The maximum absolute atomic E-state index is 12.1. The van der Waals surface area contributed by atoms with E-state index in [9.17, 15) is 4.79 Å². The van der Waals surface area contributed by atoms with Crippen molar-refractivity contribution in [3.63, 3.8) is 0 Å². The Balaban J connectivity index is 2.09. The van der Waals surface area contributed by atoms with E-state index in [0.29, 0.717) is 28.6 Å². The van der Waals surface area contributed by atoms with E-state index >= 15 is 0 Å². The van der Waals surface area contributed by atoms with Gasteiger partial charge in [0.15, 0.2) is 0 Å². The van der Waals surface area contributed by atoms with Crippen LogP contribution >= 0.6 is 11.6 Å². The summed E-state index contributed by atoms with van der Waals surface area (Å²) in [5.74, 6) is 0.514. The molecule has 0 unspecified atom stereocenters. The average Bonchev–Trinajstić information content (AvgIpc) is 2.45. The molecule has 104 valence electrons. The molecule has 20 heavy (non-hydrogen) atoms. The van der Waals surface area contributed by atoms with Crippen LogP contribution in [0.4, 0.5) is 5.69 Å². The first-order valence-corrected chi connectivity index (χ1v) is 6.86. The van der Waals surface area contributed by atoms with Gasteiger partial charge in [0.25, 0.3) is 5.91 Å². The summed E-state index contributed by atoms with van der Waals surface area (Å²) in [7, 11) is 0. The lowest BCUT2D eigenvalue weighted by atomic mass is 10.2. The Hall–Kier alpha value is -2.00. The Morgan fingerprint density at radius 1 is 1.20 bits per heavy atom. The number of hydrogen-bond acceptors (Lipinski definition) is 2. The average molecular weight is 290 g/mol. The van der Waals surface area contributed by atoms with Gasteiger partial charge < -0.3 is 10.1 Å². The molecule has 2 rings (SSSR count). The van der Waals surface area contributed by atoms with Crippen molar-refractivity contribution in [1.29, 1.82) is 0 Å². The number of ether oxygens (including phenoxy) is 1. The van der Waals surface area contributed by atoms with Gasteiger partial charge >= 0.3 is 0 Å². The lowest BCUT2D eigenvalue weighted by molar-refractivity contribution is 0.102. The standard InChI is InChI=1S/C16H16ClNO2/c1-2-9-20-15-8-3-5-12(10-15)16(19)18-14-7-4-6-13(17)11-14/h3-8,10-11H,2,9H2,1H3,(H,18,19). The van der Waals surface area contributed by atoms with E-state index in [-0.39, 0.29) is 5.91 Å². The van der Waals surface area contributed by atoms with Gasteiger partial charge in [0.05, 0.1) is 6.61 Å². The number of anilines is 1. The van der Waals surface area contributed by atoms with E-state index in [4.69, 9.17) is 16.3 Å². The minimum Gasteiger partial charge on any atom is -0.494 e. The van der Waals surface area contributed by atoms with Crippen LogP contribution in [0, 0.1) is 0 Å². The molecule has 0 fully saturated rings. The van der Waals surface area contributed by atoms with E-state index in [1.165, 1.54) is 0 Å². The molecule has 2 aromatic carbocycles. The number of carbonyl (C=O) groups excluding carboxylic acids is 1. The number of carbonyl (C=O) groups is 1. The SMILES string of the molecule is CCCOc1cccc(C(=O)Nc2cccc(Cl)c2)c1.